The molecule has 0 radical (unpaired) electrons. The summed E-state index contributed by atoms with van der Waals surface area (Å²) in [6.07, 6.45) is 0. The first kappa shape index (κ1) is 14.9. The van der Waals surface area contributed by atoms with E-state index in [1.807, 2.05) is 42.6 Å². The first-order valence-corrected chi connectivity index (χ1v) is 8.28. The van der Waals surface area contributed by atoms with Crippen LogP contribution in [0.15, 0.2) is 53.0 Å². The van der Waals surface area contributed by atoms with Gasteiger partial charge in [-0.15, -0.1) is 11.3 Å². The summed E-state index contributed by atoms with van der Waals surface area (Å²) >= 11 is 6.91. The van der Waals surface area contributed by atoms with Crippen molar-refractivity contribution in [3.63, 3.8) is 0 Å². The lowest BCUT2D eigenvalue weighted by Crippen LogP contribution is -2.44. The van der Waals surface area contributed by atoms with Gasteiger partial charge in [-0.05, 0) is 43.1 Å². The van der Waals surface area contributed by atoms with Crippen molar-refractivity contribution >= 4 is 34.5 Å². The quantitative estimate of drug-likeness (QED) is 0.665. The highest BCUT2D eigenvalue weighted by molar-refractivity contribution is 7.80. The Labute approximate surface area is 139 Å². The van der Waals surface area contributed by atoms with Gasteiger partial charge in [-0.25, -0.2) is 0 Å². The number of aryl methyl sites for hydroxylation is 1. The van der Waals surface area contributed by atoms with Crippen LogP contribution in [-0.2, 0) is 0 Å². The van der Waals surface area contributed by atoms with Gasteiger partial charge in [0, 0.05) is 21.7 Å². The highest BCUT2D eigenvalue weighted by atomic mass is 32.1. The number of carbonyl (C=O) groups is 1. The molecular formula is C17H16N2OS2. The Kier molecular flexibility index (Phi) is 4.09. The van der Waals surface area contributed by atoms with Gasteiger partial charge in [-0.1, -0.05) is 30.3 Å². The van der Waals surface area contributed by atoms with Crippen molar-refractivity contribution in [2.45, 2.75) is 19.9 Å². The Morgan fingerprint density at radius 1 is 1.18 bits per heavy atom. The standard InChI is InChI=1S/C17H16N2OS2/c1-10-8-9-22-16(10)14-13(11(2)18-17(21)19-14)15(20)12-6-4-3-5-7-12/h3-9,14H,1-2H3,(H2,18,19,21). The molecule has 0 saturated carbocycles. The molecule has 2 aromatic rings. The average molecular weight is 328 g/mol. The van der Waals surface area contributed by atoms with Gasteiger partial charge in [0.2, 0.25) is 0 Å². The number of allylic oxidation sites excluding steroid dienone is 1. The zero-order chi connectivity index (χ0) is 15.7. The number of hydrogen-bond acceptors (Lipinski definition) is 3. The first-order chi connectivity index (χ1) is 10.6. The van der Waals surface area contributed by atoms with Gasteiger partial charge in [0.1, 0.15) is 0 Å². The number of nitrogens with one attached hydrogen (secondary N) is 2. The maximum Gasteiger partial charge on any atom is 0.193 e. The molecule has 1 unspecified atom stereocenters. The molecule has 0 aliphatic carbocycles. The first-order valence-electron chi connectivity index (χ1n) is 7.00. The number of rotatable bonds is 3. The molecule has 3 rings (SSSR count). The highest BCUT2D eigenvalue weighted by Crippen LogP contribution is 2.34. The molecule has 1 aliphatic rings. The number of thiophene rings is 1. The van der Waals surface area contributed by atoms with Crippen LogP contribution in [0.2, 0.25) is 0 Å². The van der Waals surface area contributed by atoms with Crippen LogP contribution in [0.25, 0.3) is 0 Å². The van der Waals surface area contributed by atoms with Gasteiger partial charge in [0.05, 0.1) is 6.04 Å². The minimum Gasteiger partial charge on any atom is -0.350 e. The third kappa shape index (κ3) is 2.69. The lowest BCUT2D eigenvalue weighted by molar-refractivity contribution is 0.102. The van der Waals surface area contributed by atoms with E-state index < -0.39 is 0 Å². The molecule has 1 atom stereocenters. The van der Waals surface area contributed by atoms with Crippen molar-refractivity contribution in [2.75, 3.05) is 0 Å². The lowest BCUT2D eigenvalue weighted by atomic mass is 9.92. The molecule has 1 aliphatic heterocycles. The van der Waals surface area contributed by atoms with Gasteiger partial charge < -0.3 is 10.6 Å². The number of hydrogen-bond donors (Lipinski definition) is 2. The van der Waals surface area contributed by atoms with E-state index in [2.05, 4.69) is 23.6 Å². The Morgan fingerprint density at radius 3 is 2.55 bits per heavy atom. The summed E-state index contributed by atoms with van der Waals surface area (Å²) in [4.78, 5) is 14.1. The predicted molar refractivity (Wildman–Crippen MR) is 94.1 cm³/mol. The minimum atomic E-state index is -0.193. The van der Waals surface area contributed by atoms with Crippen molar-refractivity contribution < 1.29 is 4.79 Å². The minimum absolute atomic E-state index is 0.0263. The Morgan fingerprint density at radius 2 is 1.91 bits per heavy atom. The second kappa shape index (κ2) is 6.02. The number of carbonyl (C=O) groups excluding carboxylic acids is 1. The fourth-order valence-corrected chi connectivity index (χ4v) is 3.87. The molecule has 0 bridgehead atoms. The van der Waals surface area contributed by atoms with Crippen LogP contribution in [0.1, 0.15) is 33.8 Å². The molecule has 0 spiro atoms. The zero-order valence-electron chi connectivity index (χ0n) is 12.3. The lowest BCUT2D eigenvalue weighted by Gasteiger charge is -2.30. The number of benzene rings is 1. The summed E-state index contributed by atoms with van der Waals surface area (Å²) < 4.78 is 0. The van der Waals surface area contributed by atoms with Crippen LogP contribution in [0.3, 0.4) is 0 Å². The van der Waals surface area contributed by atoms with Crippen LogP contribution >= 0.6 is 23.6 Å². The second-order valence-electron chi connectivity index (χ2n) is 5.23. The fourth-order valence-electron chi connectivity index (χ4n) is 2.62. The molecule has 5 heteroatoms. The highest BCUT2D eigenvalue weighted by Gasteiger charge is 2.31. The van der Waals surface area contributed by atoms with E-state index in [1.54, 1.807) is 11.3 Å². The van der Waals surface area contributed by atoms with E-state index in [0.29, 0.717) is 10.7 Å². The molecule has 22 heavy (non-hydrogen) atoms. The SMILES string of the molecule is CC1=C(C(=O)c2ccccc2)C(c2sccc2C)NC(=S)N1. The summed E-state index contributed by atoms with van der Waals surface area (Å²) in [7, 11) is 0. The molecule has 2 N–H and O–H groups in total. The zero-order valence-corrected chi connectivity index (χ0v) is 14.0. The normalized spacial score (nSPS) is 17.9. The Bertz CT molecular complexity index is 762. The summed E-state index contributed by atoms with van der Waals surface area (Å²) in [5.41, 5.74) is 3.39. The van der Waals surface area contributed by atoms with Crippen molar-refractivity contribution in [1.82, 2.24) is 10.6 Å². The molecule has 3 nitrogen and oxygen atoms in total. The van der Waals surface area contributed by atoms with Crippen LogP contribution < -0.4 is 10.6 Å². The van der Waals surface area contributed by atoms with Crippen LogP contribution in [0, 0.1) is 6.92 Å². The smallest absolute Gasteiger partial charge is 0.193 e. The van der Waals surface area contributed by atoms with Gasteiger partial charge >= 0.3 is 0 Å². The monoisotopic (exact) mass is 328 g/mol. The van der Waals surface area contributed by atoms with Crippen molar-refractivity contribution in [3.05, 3.63) is 69.1 Å². The third-order valence-electron chi connectivity index (χ3n) is 3.71. The van der Waals surface area contributed by atoms with E-state index in [-0.39, 0.29) is 11.8 Å². The molecule has 0 amide bonds. The molecule has 1 aromatic carbocycles. The largest absolute Gasteiger partial charge is 0.350 e. The number of ketones is 1. The Hall–Kier alpha value is -1.98. The maximum atomic E-state index is 13.0. The van der Waals surface area contributed by atoms with Gasteiger partial charge in [-0.2, -0.15) is 0 Å². The van der Waals surface area contributed by atoms with Crippen LogP contribution in [0.4, 0.5) is 0 Å². The van der Waals surface area contributed by atoms with Crippen LogP contribution in [0.5, 0.6) is 0 Å². The number of thiocarbonyl (C=S) groups is 1. The summed E-state index contributed by atoms with van der Waals surface area (Å²) in [5.74, 6) is 0.0263. The topological polar surface area (TPSA) is 41.1 Å². The van der Waals surface area contributed by atoms with E-state index in [9.17, 15) is 4.79 Å². The van der Waals surface area contributed by atoms with Crippen LogP contribution in [-0.4, -0.2) is 10.9 Å². The van der Waals surface area contributed by atoms with Crippen molar-refractivity contribution in [2.24, 2.45) is 0 Å². The summed E-state index contributed by atoms with van der Waals surface area (Å²) in [6, 6.07) is 11.2. The predicted octanol–water partition coefficient (Wildman–Crippen LogP) is 3.73. The fraction of sp³-hybridized carbons (Fsp3) is 0.176. The third-order valence-corrected chi connectivity index (χ3v) is 5.02. The number of Topliss-reactive ketones (excluding diaryl/α,β-unsaturated/α-hetero) is 1. The maximum absolute atomic E-state index is 13.0. The van der Waals surface area contributed by atoms with E-state index in [1.165, 1.54) is 5.56 Å². The molecule has 112 valence electrons. The van der Waals surface area contributed by atoms with E-state index in [0.717, 1.165) is 16.1 Å². The summed E-state index contributed by atoms with van der Waals surface area (Å²) in [5, 5.41) is 8.91. The van der Waals surface area contributed by atoms with E-state index in [4.69, 9.17) is 12.2 Å². The van der Waals surface area contributed by atoms with Crippen molar-refractivity contribution in [1.29, 1.82) is 0 Å². The molecule has 0 saturated heterocycles. The average Bonchev–Trinajstić information content (AvgIpc) is 2.93. The molecule has 0 fully saturated rings. The molecular weight excluding hydrogens is 312 g/mol. The van der Waals surface area contributed by atoms with Crippen molar-refractivity contribution in [3.8, 4) is 0 Å². The Balaban J connectivity index is 2.08. The molecule has 2 heterocycles. The van der Waals surface area contributed by atoms with E-state index >= 15 is 0 Å². The van der Waals surface area contributed by atoms with Gasteiger partial charge in [0.15, 0.2) is 10.9 Å². The van der Waals surface area contributed by atoms with Gasteiger partial charge in [-0.3, -0.25) is 4.79 Å². The second-order valence-corrected chi connectivity index (χ2v) is 6.59. The summed E-state index contributed by atoms with van der Waals surface area (Å²) in [6.45, 7) is 3.96. The molecule has 1 aromatic heterocycles. The van der Waals surface area contributed by atoms with Gasteiger partial charge in [0.25, 0.3) is 0 Å².